The molecule has 0 spiro atoms. The van der Waals surface area contributed by atoms with Crippen molar-refractivity contribution in [2.24, 2.45) is 0 Å². The van der Waals surface area contributed by atoms with Crippen LogP contribution in [0.2, 0.25) is 0 Å². The number of amides is 2. The third-order valence-electron chi connectivity index (χ3n) is 3.67. The van der Waals surface area contributed by atoms with Gasteiger partial charge in [-0.3, -0.25) is 9.59 Å². The summed E-state index contributed by atoms with van der Waals surface area (Å²) in [7, 11) is 0. The van der Waals surface area contributed by atoms with Crippen LogP contribution in [0.3, 0.4) is 0 Å². The first-order valence-corrected chi connectivity index (χ1v) is 7.25. The monoisotopic (exact) mass is 299 g/mol. The second-order valence-corrected chi connectivity index (χ2v) is 5.16. The first kappa shape index (κ1) is 14.2. The Bertz CT molecular complexity index is 645. The number of hydrogen-bond acceptors (Lipinski definition) is 4. The van der Waals surface area contributed by atoms with Crippen LogP contribution in [0.1, 0.15) is 23.2 Å². The number of nitrogens with one attached hydrogen (secondary N) is 1. The highest BCUT2D eigenvalue weighted by Crippen LogP contribution is 2.09. The molecule has 2 aromatic rings. The summed E-state index contributed by atoms with van der Waals surface area (Å²) < 4.78 is 1.61. The van der Waals surface area contributed by atoms with E-state index in [0.29, 0.717) is 5.56 Å². The van der Waals surface area contributed by atoms with Crippen molar-refractivity contribution in [3.05, 3.63) is 42.5 Å². The smallest absolute Gasteiger partial charge is 0.251 e. The third-order valence-corrected chi connectivity index (χ3v) is 3.67. The van der Waals surface area contributed by atoms with Crippen molar-refractivity contribution in [2.45, 2.75) is 12.8 Å². The summed E-state index contributed by atoms with van der Waals surface area (Å²) in [5.74, 6) is -0.275. The quantitative estimate of drug-likeness (QED) is 0.897. The van der Waals surface area contributed by atoms with Crippen LogP contribution in [0.25, 0.3) is 5.69 Å². The van der Waals surface area contributed by atoms with E-state index in [1.807, 2.05) is 0 Å². The van der Waals surface area contributed by atoms with Crippen molar-refractivity contribution in [2.75, 3.05) is 19.6 Å². The molecule has 1 aromatic heterocycles. The van der Waals surface area contributed by atoms with Gasteiger partial charge in [0.25, 0.3) is 5.91 Å². The molecule has 1 N–H and O–H groups in total. The molecule has 2 heterocycles. The van der Waals surface area contributed by atoms with Gasteiger partial charge >= 0.3 is 0 Å². The maximum absolute atomic E-state index is 12.0. The maximum Gasteiger partial charge on any atom is 0.251 e. The SMILES string of the molecule is O=C(NCC(=O)N1CCCC1)c1ccc(-n2cncn2)cc1. The van der Waals surface area contributed by atoms with Crippen LogP contribution in [0.5, 0.6) is 0 Å². The standard InChI is InChI=1S/C15H17N5O2/c21-14(19-7-1-2-8-19)9-17-15(22)12-3-5-13(6-4-12)20-11-16-10-18-20/h3-6,10-11H,1-2,7-9H2,(H,17,22). The summed E-state index contributed by atoms with van der Waals surface area (Å²) in [6, 6.07) is 6.97. The molecule has 0 aliphatic carbocycles. The maximum atomic E-state index is 12.0. The molecule has 0 atom stereocenters. The lowest BCUT2D eigenvalue weighted by atomic mass is 10.2. The Hall–Kier alpha value is -2.70. The van der Waals surface area contributed by atoms with E-state index < -0.39 is 0 Å². The van der Waals surface area contributed by atoms with Crippen molar-refractivity contribution in [3.63, 3.8) is 0 Å². The van der Waals surface area contributed by atoms with Gasteiger partial charge in [-0.2, -0.15) is 5.10 Å². The summed E-state index contributed by atoms with van der Waals surface area (Å²) in [6.45, 7) is 1.63. The Labute approximate surface area is 127 Å². The van der Waals surface area contributed by atoms with Crippen LogP contribution < -0.4 is 5.32 Å². The zero-order valence-electron chi connectivity index (χ0n) is 12.1. The predicted molar refractivity (Wildman–Crippen MR) is 79.5 cm³/mol. The molecular formula is C15H17N5O2. The summed E-state index contributed by atoms with van der Waals surface area (Å²) in [6.07, 6.45) is 5.13. The number of benzene rings is 1. The van der Waals surface area contributed by atoms with Crippen LogP contribution in [0.4, 0.5) is 0 Å². The Morgan fingerprint density at radius 2 is 1.86 bits per heavy atom. The minimum absolute atomic E-state index is 0.0231. The lowest BCUT2D eigenvalue weighted by Crippen LogP contribution is -2.38. The second-order valence-electron chi connectivity index (χ2n) is 5.16. The molecule has 2 amide bonds. The van der Waals surface area contributed by atoms with Gasteiger partial charge in [0.1, 0.15) is 12.7 Å². The van der Waals surface area contributed by atoms with Gasteiger partial charge in [-0.25, -0.2) is 9.67 Å². The lowest BCUT2D eigenvalue weighted by molar-refractivity contribution is -0.129. The zero-order valence-corrected chi connectivity index (χ0v) is 12.1. The van der Waals surface area contributed by atoms with Crippen molar-refractivity contribution in [1.82, 2.24) is 25.0 Å². The molecule has 7 nitrogen and oxygen atoms in total. The highest BCUT2D eigenvalue weighted by molar-refractivity contribution is 5.96. The Kier molecular flexibility index (Phi) is 4.13. The molecule has 3 rings (SSSR count). The molecule has 1 fully saturated rings. The third kappa shape index (κ3) is 3.13. The largest absolute Gasteiger partial charge is 0.343 e. The van der Waals surface area contributed by atoms with E-state index in [-0.39, 0.29) is 18.4 Å². The van der Waals surface area contributed by atoms with Crippen molar-refractivity contribution in [3.8, 4) is 5.69 Å². The fraction of sp³-hybridized carbons (Fsp3) is 0.333. The average Bonchev–Trinajstić information content (AvgIpc) is 3.25. The Morgan fingerprint density at radius 1 is 1.14 bits per heavy atom. The lowest BCUT2D eigenvalue weighted by Gasteiger charge is -2.15. The number of nitrogens with zero attached hydrogens (tertiary/aromatic N) is 4. The zero-order chi connectivity index (χ0) is 15.4. The molecule has 0 bridgehead atoms. The first-order chi connectivity index (χ1) is 10.7. The molecule has 0 unspecified atom stereocenters. The van der Waals surface area contributed by atoms with Gasteiger partial charge in [0, 0.05) is 18.7 Å². The molecule has 7 heteroatoms. The summed E-state index contributed by atoms with van der Waals surface area (Å²) >= 11 is 0. The van der Waals surface area contributed by atoms with E-state index in [1.165, 1.54) is 6.33 Å². The summed E-state index contributed by atoms with van der Waals surface area (Å²) in [4.78, 5) is 29.6. The molecule has 1 saturated heterocycles. The number of aromatic nitrogens is 3. The van der Waals surface area contributed by atoms with Gasteiger partial charge in [-0.05, 0) is 37.1 Å². The number of carbonyl (C=O) groups is 2. The second kappa shape index (κ2) is 6.38. The number of rotatable bonds is 4. The fourth-order valence-electron chi connectivity index (χ4n) is 2.44. The van der Waals surface area contributed by atoms with Crippen LogP contribution in [0, 0.1) is 0 Å². The molecular weight excluding hydrogens is 282 g/mol. The van der Waals surface area contributed by atoms with Crippen LogP contribution in [-0.2, 0) is 4.79 Å². The molecule has 0 saturated carbocycles. The van der Waals surface area contributed by atoms with Gasteiger partial charge < -0.3 is 10.2 Å². The van der Waals surface area contributed by atoms with Gasteiger partial charge in [0.2, 0.25) is 5.91 Å². The van der Waals surface area contributed by atoms with Gasteiger partial charge in [-0.1, -0.05) is 0 Å². The first-order valence-electron chi connectivity index (χ1n) is 7.25. The van der Waals surface area contributed by atoms with Crippen molar-refractivity contribution in [1.29, 1.82) is 0 Å². The van der Waals surface area contributed by atoms with E-state index in [4.69, 9.17) is 0 Å². The topological polar surface area (TPSA) is 80.1 Å². The van der Waals surface area contributed by atoms with Gasteiger partial charge in [-0.15, -0.1) is 0 Å². The number of likely N-dealkylation sites (tertiary alicyclic amines) is 1. The normalized spacial score (nSPS) is 14.1. The average molecular weight is 299 g/mol. The Morgan fingerprint density at radius 3 is 2.50 bits per heavy atom. The number of hydrogen-bond donors (Lipinski definition) is 1. The van der Waals surface area contributed by atoms with Crippen molar-refractivity contribution >= 4 is 11.8 Å². The van der Waals surface area contributed by atoms with E-state index in [1.54, 1.807) is 40.2 Å². The predicted octanol–water partition coefficient (Wildman–Crippen LogP) is 0.619. The van der Waals surface area contributed by atoms with E-state index in [2.05, 4.69) is 15.4 Å². The Balaban J connectivity index is 1.57. The highest BCUT2D eigenvalue weighted by Gasteiger charge is 2.18. The molecule has 22 heavy (non-hydrogen) atoms. The van der Waals surface area contributed by atoms with Crippen molar-refractivity contribution < 1.29 is 9.59 Å². The minimum Gasteiger partial charge on any atom is -0.343 e. The molecule has 114 valence electrons. The summed E-state index contributed by atoms with van der Waals surface area (Å²) in [5, 5.41) is 6.68. The molecule has 1 aliphatic heterocycles. The van der Waals surface area contributed by atoms with Crippen LogP contribution >= 0.6 is 0 Å². The summed E-state index contributed by atoms with van der Waals surface area (Å²) in [5.41, 5.74) is 1.33. The van der Waals surface area contributed by atoms with Crippen LogP contribution in [-0.4, -0.2) is 51.1 Å². The fourth-order valence-corrected chi connectivity index (χ4v) is 2.44. The van der Waals surface area contributed by atoms with E-state index >= 15 is 0 Å². The van der Waals surface area contributed by atoms with Gasteiger partial charge in [0.15, 0.2) is 0 Å². The van der Waals surface area contributed by atoms with Gasteiger partial charge in [0.05, 0.1) is 12.2 Å². The minimum atomic E-state index is -0.252. The number of carbonyl (C=O) groups excluding carboxylic acids is 2. The van der Waals surface area contributed by atoms with E-state index in [0.717, 1.165) is 31.6 Å². The molecule has 1 aromatic carbocycles. The van der Waals surface area contributed by atoms with E-state index in [9.17, 15) is 9.59 Å². The van der Waals surface area contributed by atoms with Crippen LogP contribution in [0.15, 0.2) is 36.9 Å². The highest BCUT2D eigenvalue weighted by atomic mass is 16.2. The molecule has 1 aliphatic rings. The molecule has 0 radical (unpaired) electrons.